The van der Waals surface area contributed by atoms with Gasteiger partial charge in [0, 0.05) is 32.2 Å². The second-order valence-corrected chi connectivity index (χ2v) is 6.92. The lowest BCUT2D eigenvalue weighted by Crippen LogP contribution is -2.28. The molecule has 20 heavy (non-hydrogen) atoms. The topological polar surface area (TPSA) is 78.5 Å². The Balaban J connectivity index is 2.92. The number of nitrogens with zero attached hydrogens (tertiary/aromatic N) is 1. The number of sulfonamides is 1. The highest BCUT2D eigenvalue weighted by atomic mass is 32.2. The number of anilines is 1. The summed E-state index contributed by atoms with van der Waals surface area (Å²) in [6.45, 7) is 2.35. The Kier molecular flexibility index (Phi) is 5.67. The molecule has 7 heteroatoms. The van der Waals surface area contributed by atoms with Gasteiger partial charge in [0.05, 0.1) is 4.90 Å². The van der Waals surface area contributed by atoms with Gasteiger partial charge in [0.15, 0.2) is 0 Å². The van der Waals surface area contributed by atoms with Gasteiger partial charge in [-0.05, 0) is 25.2 Å². The zero-order chi connectivity index (χ0) is 15.3. The Morgan fingerprint density at radius 1 is 1.35 bits per heavy atom. The van der Waals surface area contributed by atoms with E-state index in [9.17, 15) is 13.2 Å². The van der Waals surface area contributed by atoms with Gasteiger partial charge in [-0.15, -0.1) is 0 Å². The van der Waals surface area contributed by atoms with Crippen molar-refractivity contribution in [2.24, 2.45) is 5.92 Å². The maximum absolute atomic E-state index is 12.0. The molecule has 1 aromatic rings. The molecule has 1 atom stereocenters. The lowest BCUT2D eigenvalue weighted by molar-refractivity contribution is -0.119. The number of carbonyl (C=O) groups excluding carboxylic acids is 1. The van der Waals surface area contributed by atoms with Crippen molar-refractivity contribution in [2.75, 3.05) is 33.0 Å². The van der Waals surface area contributed by atoms with Crippen LogP contribution in [0.3, 0.4) is 0 Å². The molecule has 0 heterocycles. The van der Waals surface area contributed by atoms with E-state index in [-0.39, 0.29) is 16.7 Å². The molecule has 0 fully saturated rings. The van der Waals surface area contributed by atoms with Gasteiger partial charge in [0.1, 0.15) is 0 Å². The number of benzene rings is 1. The highest BCUT2D eigenvalue weighted by molar-refractivity contribution is 7.89. The minimum atomic E-state index is -3.50. The third-order valence-corrected chi connectivity index (χ3v) is 4.65. The summed E-state index contributed by atoms with van der Waals surface area (Å²) in [6, 6.07) is 6.23. The third kappa shape index (κ3) is 4.03. The van der Waals surface area contributed by atoms with Crippen LogP contribution in [0.4, 0.5) is 5.69 Å². The van der Waals surface area contributed by atoms with E-state index in [1.165, 1.54) is 26.2 Å². The fourth-order valence-corrected chi connectivity index (χ4v) is 2.56. The first-order chi connectivity index (χ1) is 9.28. The first kappa shape index (κ1) is 16.6. The van der Waals surface area contributed by atoms with Crippen molar-refractivity contribution >= 4 is 21.6 Å². The van der Waals surface area contributed by atoms with Gasteiger partial charge in [-0.25, -0.2) is 12.7 Å². The summed E-state index contributed by atoms with van der Waals surface area (Å²) in [7, 11) is 1.21. The Morgan fingerprint density at radius 2 is 2.00 bits per heavy atom. The van der Waals surface area contributed by atoms with E-state index in [2.05, 4.69) is 10.6 Å². The zero-order valence-electron chi connectivity index (χ0n) is 12.2. The molecule has 0 saturated heterocycles. The lowest BCUT2D eigenvalue weighted by atomic mass is 10.1. The Bertz CT molecular complexity index is 570. The van der Waals surface area contributed by atoms with Crippen LogP contribution in [0, 0.1) is 5.92 Å². The lowest BCUT2D eigenvalue weighted by Gasteiger charge is -2.14. The van der Waals surface area contributed by atoms with Gasteiger partial charge >= 0.3 is 0 Å². The summed E-state index contributed by atoms with van der Waals surface area (Å²) < 4.78 is 25.2. The first-order valence-electron chi connectivity index (χ1n) is 6.27. The molecular weight excluding hydrogens is 278 g/mol. The van der Waals surface area contributed by atoms with Crippen molar-refractivity contribution in [1.82, 2.24) is 9.62 Å². The van der Waals surface area contributed by atoms with Gasteiger partial charge in [0.25, 0.3) is 0 Å². The van der Waals surface area contributed by atoms with Gasteiger partial charge in [-0.2, -0.15) is 0 Å². The Labute approximate surface area is 120 Å². The maximum atomic E-state index is 12.0. The van der Waals surface area contributed by atoms with Crippen LogP contribution in [0.15, 0.2) is 29.2 Å². The fraction of sp³-hybridized carbons (Fsp3) is 0.462. The largest absolute Gasteiger partial charge is 0.326 e. The summed E-state index contributed by atoms with van der Waals surface area (Å²) in [5.41, 5.74) is 0.473. The number of carbonyl (C=O) groups is 1. The molecule has 1 amide bonds. The van der Waals surface area contributed by atoms with Gasteiger partial charge in [-0.3, -0.25) is 4.79 Å². The van der Waals surface area contributed by atoms with Gasteiger partial charge in [0.2, 0.25) is 15.9 Å². The Hall–Kier alpha value is -1.44. The maximum Gasteiger partial charge on any atom is 0.242 e. The van der Waals surface area contributed by atoms with Crippen LogP contribution in [0.25, 0.3) is 0 Å². The molecule has 2 N–H and O–H groups in total. The summed E-state index contributed by atoms with van der Waals surface area (Å²) in [6.07, 6.45) is 0. The predicted molar refractivity (Wildman–Crippen MR) is 79.0 cm³/mol. The van der Waals surface area contributed by atoms with Crippen LogP contribution in [-0.2, 0) is 14.8 Å². The van der Waals surface area contributed by atoms with Crippen molar-refractivity contribution < 1.29 is 13.2 Å². The van der Waals surface area contributed by atoms with Crippen molar-refractivity contribution in [3.8, 4) is 0 Å². The average Bonchev–Trinajstić information content (AvgIpc) is 2.39. The molecule has 0 bridgehead atoms. The number of hydrogen-bond acceptors (Lipinski definition) is 4. The van der Waals surface area contributed by atoms with Crippen molar-refractivity contribution in [2.45, 2.75) is 11.8 Å². The number of nitrogens with one attached hydrogen (secondary N) is 2. The standard InChI is InChI=1S/C13H21N3O3S/c1-10(9-14-2)13(17)15-11-6-5-7-12(8-11)20(18,19)16(3)4/h5-8,10,14H,9H2,1-4H3,(H,15,17). The molecule has 0 radical (unpaired) electrons. The van der Waals surface area contributed by atoms with Crippen LogP contribution >= 0.6 is 0 Å². The van der Waals surface area contributed by atoms with E-state index in [0.717, 1.165) is 4.31 Å². The van der Waals surface area contributed by atoms with Gasteiger partial charge in [-0.1, -0.05) is 13.0 Å². The van der Waals surface area contributed by atoms with Crippen LogP contribution < -0.4 is 10.6 Å². The molecule has 0 aliphatic rings. The number of amides is 1. The first-order valence-corrected chi connectivity index (χ1v) is 7.71. The SMILES string of the molecule is CNCC(C)C(=O)Nc1cccc(S(=O)(=O)N(C)C)c1. The normalized spacial score (nSPS) is 13.2. The molecule has 112 valence electrons. The van der Waals surface area contributed by atoms with E-state index in [0.29, 0.717) is 12.2 Å². The number of rotatable bonds is 6. The molecule has 0 spiro atoms. The van der Waals surface area contributed by atoms with E-state index in [4.69, 9.17) is 0 Å². The van der Waals surface area contributed by atoms with E-state index in [1.54, 1.807) is 26.1 Å². The van der Waals surface area contributed by atoms with Crippen LogP contribution in [0.1, 0.15) is 6.92 Å². The number of hydrogen-bond donors (Lipinski definition) is 2. The molecular formula is C13H21N3O3S. The second-order valence-electron chi connectivity index (χ2n) is 4.76. The minimum Gasteiger partial charge on any atom is -0.326 e. The monoisotopic (exact) mass is 299 g/mol. The smallest absolute Gasteiger partial charge is 0.242 e. The van der Waals surface area contributed by atoms with E-state index < -0.39 is 10.0 Å². The highest BCUT2D eigenvalue weighted by Gasteiger charge is 2.18. The Morgan fingerprint density at radius 3 is 2.55 bits per heavy atom. The highest BCUT2D eigenvalue weighted by Crippen LogP contribution is 2.18. The average molecular weight is 299 g/mol. The zero-order valence-corrected chi connectivity index (χ0v) is 13.0. The van der Waals surface area contributed by atoms with Crippen LogP contribution in [0.5, 0.6) is 0 Å². The summed E-state index contributed by atoms with van der Waals surface area (Å²) in [4.78, 5) is 12.0. The fourth-order valence-electron chi connectivity index (χ4n) is 1.61. The van der Waals surface area contributed by atoms with E-state index in [1.807, 2.05) is 0 Å². The molecule has 0 aliphatic heterocycles. The molecule has 1 aromatic carbocycles. The van der Waals surface area contributed by atoms with Crippen LogP contribution in [-0.4, -0.2) is 46.3 Å². The van der Waals surface area contributed by atoms with Crippen molar-refractivity contribution in [1.29, 1.82) is 0 Å². The van der Waals surface area contributed by atoms with Crippen LogP contribution in [0.2, 0.25) is 0 Å². The third-order valence-electron chi connectivity index (χ3n) is 2.84. The second kappa shape index (κ2) is 6.83. The summed E-state index contributed by atoms with van der Waals surface area (Å²) in [5.74, 6) is -0.354. The molecule has 6 nitrogen and oxygen atoms in total. The van der Waals surface area contributed by atoms with Crippen molar-refractivity contribution in [3.05, 3.63) is 24.3 Å². The van der Waals surface area contributed by atoms with E-state index >= 15 is 0 Å². The predicted octanol–water partition coefficient (Wildman–Crippen LogP) is 0.731. The molecule has 0 aliphatic carbocycles. The quantitative estimate of drug-likeness (QED) is 0.812. The minimum absolute atomic E-state index is 0.154. The molecule has 1 unspecified atom stereocenters. The molecule has 0 saturated carbocycles. The summed E-state index contributed by atoms with van der Waals surface area (Å²) in [5, 5.41) is 5.64. The summed E-state index contributed by atoms with van der Waals surface area (Å²) >= 11 is 0. The molecule has 1 rings (SSSR count). The van der Waals surface area contributed by atoms with Gasteiger partial charge < -0.3 is 10.6 Å². The van der Waals surface area contributed by atoms with Crippen molar-refractivity contribution in [3.63, 3.8) is 0 Å². The molecule has 0 aromatic heterocycles.